The number of rotatable bonds is 5. The molecular formula is C20H22N4OS. The maximum Gasteiger partial charge on any atom is 0.214 e. The molecule has 0 spiro atoms. The predicted molar refractivity (Wildman–Crippen MR) is 104 cm³/mol. The highest BCUT2D eigenvalue weighted by molar-refractivity contribution is 8.00. The van der Waals surface area contributed by atoms with E-state index in [0.717, 1.165) is 22.4 Å². The fourth-order valence-corrected chi connectivity index (χ4v) is 3.67. The number of nitrogens with zero attached hydrogens (tertiary/aromatic N) is 4. The lowest BCUT2D eigenvalue weighted by Crippen LogP contribution is -2.15. The topological polar surface area (TPSA) is 60.7 Å². The number of tetrazole rings is 1. The summed E-state index contributed by atoms with van der Waals surface area (Å²) >= 11 is 1.37. The molecule has 0 aliphatic heterocycles. The Bertz CT molecular complexity index is 964. The molecule has 134 valence electrons. The smallest absolute Gasteiger partial charge is 0.214 e. The van der Waals surface area contributed by atoms with Crippen molar-refractivity contribution in [1.82, 2.24) is 20.2 Å². The van der Waals surface area contributed by atoms with Crippen LogP contribution < -0.4 is 0 Å². The lowest BCUT2D eigenvalue weighted by atomic mass is 10.0. The number of carbonyl (C=O) groups is 1. The van der Waals surface area contributed by atoms with Crippen LogP contribution in [-0.2, 0) is 0 Å². The minimum Gasteiger partial charge on any atom is -0.293 e. The zero-order chi connectivity index (χ0) is 18.8. The Balaban J connectivity index is 1.84. The lowest BCUT2D eigenvalue weighted by molar-refractivity contribution is 0.0993. The number of carbonyl (C=O) groups excluding carboxylic acids is 1. The Kier molecular flexibility index (Phi) is 5.23. The van der Waals surface area contributed by atoms with Crippen molar-refractivity contribution in [3.63, 3.8) is 0 Å². The van der Waals surface area contributed by atoms with E-state index >= 15 is 0 Å². The van der Waals surface area contributed by atoms with E-state index in [1.807, 2.05) is 58.0 Å². The monoisotopic (exact) mass is 366 g/mol. The molecule has 1 aromatic heterocycles. The molecule has 0 amide bonds. The highest BCUT2D eigenvalue weighted by Gasteiger charge is 2.21. The molecule has 0 bridgehead atoms. The summed E-state index contributed by atoms with van der Waals surface area (Å²) < 4.78 is 1.70. The number of ketones is 1. The third-order valence-corrected chi connectivity index (χ3v) is 5.50. The quantitative estimate of drug-likeness (QED) is 0.499. The Morgan fingerprint density at radius 2 is 1.77 bits per heavy atom. The number of hydrogen-bond acceptors (Lipinski definition) is 5. The summed E-state index contributed by atoms with van der Waals surface area (Å²) in [7, 11) is 0. The van der Waals surface area contributed by atoms with Gasteiger partial charge in [-0.05, 0) is 73.9 Å². The lowest BCUT2D eigenvalue weighted by Gasteiger charge is -2.12. The molecule has 2 aromatic carbocycles. The molecule has 0 saturated heterocycles. The minimum absolute atomic E-state index is 0.0771. The summed E-state index contributed by atoms with van der Waals surface area (Å²) in [6.07, 6.45) is 0. The summed E-state index contributed by atoms with van der Waals surface area (Å²) in [6, 6.07) is 11.9. The van der Waals surface area contributed by atoms with Gasteiger partial charge in [0, 0.05) is 5.56 Å². The standard InChI is InChI=1S/C20H22N4OS/c1-12-6-9-18(15(4)10-12)24-20(21-22-23-24)26-16(5)19(25)17-8-7-13(2)14(3)11-17/h6-11,16H,1-5H3. The van der Waals surface area contributed by atoms with Crippen LogP contribution in [0.5, 0.6) is 0 Å². The maximum atomic E-state index is 12.8. The number of thioether (sulfide) groups is 1. The molecule has 1 heterocycles. The molecule has 0 fully saturated rings. The van der Waals surface area contributed by atoms with E-state index in [4.69, 9.17) is 0 Å². The first-order chi connectivity index (χ1) is 12.4. The molecule has 0 saturated carbocycles. The predicted octanol–water partition coefficient (Wildman–Crippen LogP) is 4.26. The van der Waals surface area contributed by atoms with Crippen molar-refractivity contribution in [2.75, 3.05) is 0 Å². The second-order valence-electron chi connectivity index (χ2n) is 6.59. The first-order valence-electron chi connectivity index (χ1n) is 8.51. The van der Waals surface area contributed by atoms with Gasteiger partial charge in [0.2, 0.25) is 5.16 Å². The van der Waals surface area contributed by atoms with Crippen molar-refractivity contribution >= 4 is 17.5 Å². The van der Waals surface area contributed by atoms with E-state index in [-0.39, 0.29) is 11.0 Å². The van der Waals surface area contributed by atoms with E-state index in [1.165, 1.54) is 22.9 Å². The highest BCUT2D eigenvalue weighted by Crippen LogP contribution is 2.27. The maximum absolute atomic E-state index is 12.8. The van der Waals surface area contributed by atoms with Crippen LogP contribution >= 0.6 is 11.8 Å². The van der Waals surface area contributed by atoms with Crippen molar-refractivity contribution in [2.24, 2.45) is 0 Å². The number of benzene rings is 2. The van der Waals surface area contributed by atoms with Gasteiger partial charge in [-0.1, -0.05) is 41.6 Å². The summed E-state index contributed by atoms with van der Waals surface area (Å²) in [4.78, 5) is 12.8. The first kappa shape index (κ1) is 18.3. The van der Waals surface area contributed by atoms with Crippen LogP contribution in [0.15, 0.2) is 41.6 Å². The normalized spacial score (nSPS) is 12.2. The Morgan fingerprint density at radius 3 is 2.46 bits per heavy atom. The van der Waals surface area contributed by atoms with Crippen LogP contribution in [0.1, 0.15) is 39.5 Å². The van der Waals surface area contributed by atoms with E-state index in [2.05, 4.69) is 28.5 Å². The van der Waals surface area contributed by atoms with Crippen molar-refractivity contribution in [2.45, 2.75) is 45.0 Å². The van der Waals surface area contributed by atoms with Gasteiger partial charge < -0.3 is 0 Å². The minimum atomic E-state index is -0.285. The second-order valence-corrected chi connectivity index (χ2v) is 7.89. The fraction of sp³-hybridized carbons (Fsp3) is 0.300. The largest absolute Gasteiger partial charge is 0.293 e. The van der Waals surface area contributed by atoms with Crippen molar-refractivity contribution in [3.8, 4) is 5.69 Å². The molecule has 5 nitrogen and oxygen atoms in total. The number of hydrogen-bond donors (Lipinski definition) is 0. The average Bonchev–Trinajstić information content (AvgIpc) is 3.04. The summed E-state index contributed by atoms with van der Waals surface area (Å²) in [5.41, 5.74) is 6.22. The van der Waals surface area contributed by atoms with Crippen LogP contribution in [0.25, 0.3) is 5.69 Å². The molecule has 1 unspecified atom stereocenters. The van der Waals surface area contributed by atoms with Gasteiger partial charge in [0.15, 0.2) is 5.78 Å². The molecule has 6 heteroatoms. The number of aromatic nitrogens is 4. The van der Waals surface area contributed by atoms with Gasteiger partial charge >= 0.3 is 0 Å². The molecule has 1 atom stereocenters. The SMILES string of the molecule is Cc1ccc(-n2nnnc2SC(C)C(=O)c2ccc(C)c(C)c2)c(C)c1. The number of Topliss-reactive ketones (excluding diaryl/α,β-unsaturated/α-hetero) is 1. The first-order valence-corrected chi connectivity index (χ1v) is 9.39. The van der Waals surface area contributed by atoms with Crippen molar-refractivity contribution < 1.29 is 4.79 Å². The van der Waals surface area contributed by atoms with Gasteiger partial charge in [-0.2, -0.15) is 4.68 Å². The molecular weight excluding hydrogens is 344 g/mol. The molecule has 0 radical (unpaired) electrons. The molecule has 0 N–H and O–H groups in total. The van der Waals surface area contributed by atoms with Crippen LogP contribution in [0, 0.1) is 27.7 Å². The van der Waals surface area contributed by atoms with Gasteiger partial charge in [0.1, 0.15) is 0 Å². The zero-order valence-electron chi connectivity index (χ0n) is 15.6. The highest BCUT2D eigenvalue weighted by atomic mass is 32.2. The van der Waals surface area contributed by atoms with Gasteiger partial charge in [-0.15, -0.1) is 5.10 Å². The van der Waals surface area contributed by atoms with Gasteiger partial charge in [-0.3, -0.25) is 4.79 Å². The Morgan fingerprint density at radius 1 is 1.00 bits per heavy atom. The van der Waals surface area contributed by atoms with Gasteiger partial charge in [-0.25, -0.2) is 0 Å². The molecule has 3 rings (SSSR count). The van der Waals surface area contributed by atoms with Crippen LogP contribution in [0.2, 0.25) is 0 Å². The fourth-order valence-electron chi connectivity index (χ4n) is 2.79. The number of aryl methyl sites for hydroxylation is 4. The molecule has 26 heavy (non-hydrogen) atoms. The van der Waals surface area contributed by atoms with E-state index < -0.39 is 0 Å². The van der Waals surface area contributed by atoms with Crippen LogP contribution in [-0.4, -0.2) is 31.2 Å². The summed E-state index contributed by atoms with van der Waals surface area (Å²) in [6.45, 7) is 10.0. The molecule has 0 aliphatic rings. The summed E-state index contributed by atoms with van der Waals surface area (Å²) in [5.74, 6) is 0.0771. The Hall–Kier alpha value is -2.47. The zero-order valence-corrected chi connectivity index (χ0v) is 16.5. The van der Waals surface area contributed by atoms with Crippen LogP contribution in [0.3, 0.4) is 0 Å². The third kappa shape index (κ3) is 3.70. The third-order valence-electron chi connectivity index (χ3n) is 4.46. The Labute approximate surface area is 157 Å². The van der Waals surface area contributed by atoms with Crippen LogP contribution in [0.4, 0.5) is 0 Å². The van der Waals surface area contributed by atoms with E-state index in [9.17, 15) is 4.79 Å². The summed E-state index contributed by atoms with van der Waals surface area (Å²) in [5, 5.41) is 12.4. The molecule has 0 aliphatic carbocycles. The second kappa shape index (κ2) is 7.41. The van der Waals surface area contributed by atoms with E-state index in [1.54, 1.807) is 4.68 Å². The van der Waals surface area contributed by atoms with Crippen molar-refractivity contribution in [3.05, 3.63) is 64.2 Å². The van der Waals surface area contributed by atoms with Gasteiger partial charge in [0.05, 0.1) is 10.9 Å². The average molecular weight is 366 g/mol. The van der Waals surface area contributed by atoms with E-state index in [0.29, 0.717) is 5.16 Å². The van der Waals surface area contributed by atoms with Gasteiger partial charge in [0.25, 0.3) is 0 Å². The van der Waals surface area contributed by atoms with Crippen molar-refractivity contribution in [1.29, 1.82) is 0 Å². The molecule has 3 aromatic rings.